The summed E-state index contributed by atoms with van der Waals surface area (Å²) in [5, 5.41) is 12.2. The summed E-state index contributed by atoms with van der Waals surface area (Å²) in [6, 6.07) is 0. The average Bonchev–Trinajstić information content (AvgIpc) is 2.67. The lowest BCUT2D eigenvalue weighted by Gasteiger charge is -2.21. The van der Waals surface area contributed by atoms with Crippen molar-refractivity contribution < 1.29 is 9.90 Å². The first-order valence-electron chi connectivity index (χ1n) is 4.66. The number of carbonyl (C=O) groups is 1. The number of hydrogen-bond acceptors (Lipinski definition) is 4. The molecular formula is C9H12N2O2S. The molecule has 0 bridgehead atoms. The second kappa shape index (κ2) is 4.06. The molecule has 1 aliphatic rings. The Hall–Kier alpha value is -0.940. The topological polar surface area (TPSA) is 62.2 Å². The molecule has 0 unspecified atom stereocenters. The summed E-state index contributed by atoms with van der Waals surface area (Å²) in [5.41, 5.74) is 1.88. The highest BCUT2D eigenvalue weighted by Crippen LogP contribution is 2.30. The second-order valence-electron chi connectivity index (χ2n) is 3.39. The van der Waals surface area contributed by atoms with Crippen LogP contribution in [0.15, 0.2) is 5.51 Å². The minimum Gasteiger partial charge on any atom is -0.476 e. The van der Waals surface area contributed by atoms with E-state index in [2.05, 4.69) is 10.3 Å². The molecule has 4 nitrogen and oxygen atoms in total. The van der Waals surface area contributed by atoms with Crippen LogP contribution < -0.4 is 5.32 Å². The number of aromatic nitrogens is 1. The van der Waals surface area contributed by atoms with Crippen molar-refractivity contribution in [1.82, 2.24) is 10.3 Å². The predicted octanol–water partition coefficient (Wildman–Crippen LogP) is 1.31. The zero-order valence-electron chi connectivity index (χ0n) is 7.69. The number of nitrogens with zero attached hydrogens (tertiary/aromatic N) is 1. The molecule has 0 aliphatic carbocycles. The Morgan fingerprint density at radius 3 is 2.93 bits per heavy atom. The zero-order chi connectivity index (χ0) is 9.97. The first-order chi connectivity index (χ1) is 6.79. The van der Waals surface area contributed by atoms with Gasteiger partial charge < -0.3 is 10.4 Å². The fourth-order valence-corrected chi connectivity index (χ4v) is 2.74. The van der Waals surface area contributed by atoms with Gasteiger partial charge in [-0.05, 0) is 31.8 Å². The molecule has 1 aliphatic heterocycles. The van der Waals surface area contributed by atoms with Crippen molar-refractivity contribution in [3.63, 3.8) is 0 Å². The van der Waals surface area contributed by atoms with E-state index in [4.69, 9.17) is 5.11 Å². The maximum Gasteiger partial charge on any atom is 0.355 e. The highest BCUT2D eigenvalue weighted by Gasteiger charge is 2.23. The molecule has 2 rings (SSSR count). The number of hydrogen-bond donors (Lipinski definition) is 2. The lowest BCUT2D eigenvalue weighted by atomic mass is 9.95. The van der Waals surface area contributed by atoms with E-state index in [9.17, 15) is 4.79 Å². The molecule has 2 N–H and O–H groups in total. The molecule has 1 fully saturated rings. The van der Waals surface area contributed by atoms with Gasteiger partial charge in [0.25, 0.3) is 0 Å². The summed E-state index contributed by atoms with van der Waals surface area (Å²) < 4.78 is 0. The molecule has 1 aromatic rings. The number of carboxylic acids is 1. The number of piperidine rings is 1. The molecule has 76 valence electrons. The number of aromatic carboxylic acids is 1. The van der Waals surface area contributed by atoms with Crippen LogP contribution in [0.5, 0.6) is 0 Å². The van der Waals surface area contributed by atoms with E-state index in [0.29, 0.717) is 5.92 Å². The molecule has 0 aromatic carbocycles. The fraction of sp³-hybridized carbons (Fsp3) is 0.556. The van der Waals surface area contributed by atoms with Crippen LogP contribution in [-0.2, 0) is 0 Å². The summed E-state index contributed by atoms with van der Waals surface area (Å²) in [7, 11) is 0. The summed E-state index contributed by atoms with van der Waals surface area (Å²) in [5.74, 6) is -0.519. The summed E-state index contributed by atoms with van der Waals surface area (Å²) in [4.78, 5) is 15.7. The Morgan fingerprint density at radius 1 is 1.57 bits per heavy atom. The predicted molar refractivity (Wildman–Crippen MR) is 53.9 cm³/mol. The van der Waals surface area contributed by atoms with Crippen molar-refractivity contribution >= 4 is 17.3 Å². The quantitative estimate of drug-likeness (QED) is 0.776. The van der Waals surface area contributed by atoms with Gasteiger partial charge in [0, 0.05) is 4.88 Å². The minimum atomic E-state index is -0.903. The van der Waals surface area contributed by atoms with Gasteiger partial charge in [0.05, 0.1) is 5.51 Å². The van der Waals surface area contributed by atoms with Crippen LogP contribution >= 0.6 is 11.3 Å². The molecule has 2 heterocycles. The van der Waals surface area contributed by atoms with Crippen LogP contribution in [-0.4, -0.2) is 29.1 Å². The molecule has 0 saturated carbocycles. The molecule has 1 saturated heterocycles. The van der Waals surface area contributed by atoms with E-state index in [-0.39, 0.29) is 5.69 Å². The largest absolute Gasteiger partial charge is 0.476 e. The van der Waals surface area contributed by atoms with Crippen LogP contribution in [0, 0.1) is 0 Å². The van der Waals surface area contributed by atoms with Gasteiger partial charge in [-0.1, -0.05) is 0 Å². The van der Waals surface area contributed by atoms with Gasteiger partial charge in [-0.15, -0.1) is 11.3 Å². The Labute approximate surface area is 86.0 Å². The van der Waals surface area contributed by atoms with Gasteiger partial charge in [-0.2, -0.15) is 0 Å². The van der Waals surface area contributed by atoms with Gasteiger partial charge in [0.1, 0.15) is 0 Å². The van der Waals surface area contributed by atoms with Gasteiger partial charge >= 0.3 is 5.97 Å². The lowest BCUT2D eigenvalue weighted by Crippen LogP contribution is -2.27. The third kappa shape index (κ3) is 1.78. The Morgan fingerprint density at radius 2 is 2.29 bits per heavy atom. The van der Waals surface area contributed by atoms with Crippen molar-refractivity contribution in [3.05, 3.63) is 16.1 Å². The van der Waals surface area contributed by atoms with Crippen LogP contribution in [0.2, 0.25) is 0 Å². The van der Waals surface area contributed by atoms with Gasteiger partial charge in [-0.25, -0.2) is 9.78 Å². The molecule has 0 amide bonds. The van der Waals surface area contributed by atoms with Gasteiger partial charge in [0.2, 0.25) is 0 Å². The Bertz CT molecular complexity index is 331. The monoisotopic (exact) mass is 212 g/mol. The Balaban J connectivity index is 2.21. The molecule has 1 aromatic heterocycles. The van der Waals surface area contributed by atoms with Crippen LogP contribution in [0.3, 0.4) is 0 Å². The number of carboxylic acid groups (broad SMARTS) is 1. The summed E-state index contributed by atoms with van der Waals surface area (Å²) in [6.45, 7) is 1.95. The number of rotatable bonds is 2. The van der Waals surface area contributed by atoms with Gasteiger partial charge in [-0.3, -0.25) is 0 Å². The SMILES string of the molecule is O=C(O)c1ncsc1C1CCNCC1. The van der Waals surface area contributed by atoms with E-state index in [0.717, 1.165) is 30.8 Å². The van der Waals surface area contributed by atoms with E-state index < -0.39 is 5.97 Å². The van der Waals surface area contributed by atoms with E-state index in [1.165, 1.54) is 11.3 Å². The maximum atomic E-state index is 10.9. The Kier molecular flexibility index (Phi) is 2.79. The van der Waals surface area contributed by atoms with Crippen molar-refractivity contribution in [2.75, 3.05) is 13.1 Å². The van der Waals surface area contributed by atoms with E-state index in [1.807, 2.05) is 0 Å². The molecular weight excluding hydrogens is 200 g/mol. The second-order valence-corrected chi connectivity index (χ2v) is 4.28. The van der Waals surface area contributed by atoms with Crippen molar-refractivity contribution in [2.24, 2.45) is 0 Å². The van der Waals surface area contributed by atoms with E-state index >= 15 is 0 Å². The lowest BCUT2D eigenvalue weighted by molar-refractivity contribution is 0.0689. The smallest absolute Gasteiger partial charge is 0.355 e. The van der Waals surface area contributed by atoms with Gasteiger partial charge in [0.15, 0.2) is 5.69 Å². The van der Waals surface area contributed by atoms with Crippen LogP contribution in [0.25, 0.3) is 0 Å². The number of nitrogens with one attached hydrogen (secondary N) is 1. The average molecular weight is 212 g/mol. The minimum absolute atomic E-state index is 0.252. The van der Waals surface area contributed by atoms with E-state index in [1.54, 1.807) is 5.51 Å². The standard InChI is InChI=1S/C9H12N2O2S/c12-9(13)7-8(14-5-11-7)6-1-3-10-4-2-6/h5-6,10H,1-4H2,(H,12,13). The zero-order valence-corrected chi connectivity index (χ0v) is 8.51. The third-order valence-corrected chi connectivity index (χ3v) is 3.50. The molecule has 14 heavy (non-hydrogen) atoms. The maximum absolute atomic E-state index is 10.9. The number of thiazole rings is 1. The molecule has 0 atom stereocenters. The van der Waals surface area contributed by atoms with Crippen molar-refractivity contribution in [1.29, 1.82) is 0 Å². The van der Waals surface area contributed by atoms with Crippen LogP contribution in [0.1, 0.15) is 34.1 Å². The first-order valence-corrected chi connectivity index (χ1v) is 5.54. The highest BCUT2D eigenvalue weighted by atomic mass is 32.1. The van der Waals surface area contributed by atoms with Crippen molar-refractivity contribution in [3.8, 4) is 0 Å². The first kappa shape index (κ1) is 9.61. The normalized spacial score (nSPS) is 18.3. The summed E-state index contributed by atoms with van der Waals surface area (Å²) in [6.07, 6.45) is 2.03. The third-order valence-electron chi connectivity index (χ3n) is 2.51. The van der Waals surface area contributed by atoms with Crippen molar-refractivity contribution in [2.45, 2.75) is 18.8 Å². The van der Waals surface area contributed by atoms with Crippen LogP contribution in [0.4, 0.5) is 0 Å². The molecule has 0 radical (unpaired) electrons. The molecule has 0 spiro atoms. The fourth-order valence-electron chi connectivity index (χ4n) is 1.79. The summed E-state index contributed by atoms with van der Waals surface area (Å²) >= 11 is 1.46. The highest BCUT2D eigenvalue weighted by molar-refractivity contribution is 7.10. The molecule has 5 heteroatoms.